The van der Waals surface area contributed by atoms with Crippen LogP contribution >= 0.6 is 11.6 Å². The van der Waals surface area contributed by atoms with Gasteiger partial charge in [0.05, 0.1) is 17.7 Å². The molecule has 4 aromatic rings. The summed E-state index contributed by atoms with van der Waals surface area (Å²) in [7, 11) is 1.55. The Kier molecular flexibility index (Phi) is 6.43. The van der Waals surface area contributed by atoms with Crippen molar-refractivity contribution in [3.8, 4) is 39.7 Å². The minimum absolute atomic E-state index is 0.139. The molecule has 0 bridgehead atoms. The van der Waals surface area contributed by atoms with Crippen LogP contribution < -0.4 is 15.2 Å². The van der Waals surface area contributed by atoms with Crippen LogP contribution in [-0.2, 0) is 6.61 Å². The number of phenols is 1. The lowest BCUT2D eigenvalue weighted by Gasteiger charge is -2.08. The predicted octanol–water partition coefficient (Wildman–Crippen LogP) is 5.94. The van der Waals surface area contributed by atoms with E-state index in [1.54, 1.807) is 49.6 Å². The molecule has 4 rings (SSSR count). The number of ether oxygens (including phenoxy) is 2. The van der Waals surface area contributed by atoms with Crippen LogP contribution in [0, 0.1) is 11.6 Å². The van der Waals surface area contributed by atoms with Crippen LogP contribution in [0.4, 0.5) is 8.78 Å². The van der Waals surface area contributed by atoms with E-state index in [9.17, 15) is 18.7 Å². The average molecular weight is 486 g/mol. The molecule has 9 heteroatoms. The number of primary amides is 1. The first-order chi connectivity index (χ1) is 16.3. The van der Waals surface area contributed by atoms with Crippen LogP contribution in [0.15, 0.2) is 65.1 Å². The van der Waals surface area contributed by atoms with Crippen LogP contribution in [0.3, 0.4) is 0 Å². The summed E-state index contributed by atoms with van der Waals surface area (Å²) in [4.78, 5) is 11.4. The normalized spacial score (nSPS) is 10.8. The van der Waals surface area contributed by atoms with Crippen LogP contribution in [0.25, 0.3) is 22.5 Å². The number of methoxy groups -OCH3 is 1. The van der Waals surface area contributed by atoms with Crippen molar-refractivity contribution in [2.75, 3.05) is 7.11 Å². The van der Waals surface area contributed by atoms with Crippen molar-refractivity contribution in [3.05, 3.63) is 88.6 Å². The van der Waals surface area contributed by atoms with Gasteiger partial charge in [0.1, 0.15) is 41.0 Å². The molecule has 3 aromatic carbocycles. The summed E-state index contributed by atoms with van der Waals surface area (Å²) in [6.45, 7) is -0.259. The van der Waals surface area contributed by atoms with Crippen molar-refractivity contribution in [2.24, 2.45) is 5.73 Å². The molecule has 0 atom stereocenters. The van der Waals surface area contributed by atoms with Crippen LogP contribution in [0.2, 0.25) is 5.02 Å². The summed E-state index contributed by atoms with van der Waals surface area (Å²) in [5.41, 5.74) is 5.86. The molecule has 0 aliphatic rings. The van der Waals surface area contributed by atoms with Gasteiger partial charge < -0.3 is 24.7 Å². The first kappa shape index (κ1) is 23.1. The Morgan fingerprint density at radius 2 is 1.82 bits per heavy atom. The summed E-state index contributed by atoms with van der Waals surface area (Å²) in [5, 5.41) is 10.6. The third kappa shape index (κ3) is 4.40. The Morgan fingerprint density at radius 3 is 2.50 bits per heavy atom. The number of carbonyl (C=O) groups excluding carboxylic acids is 1. The maximum atomic E-state index is 14.5. The number of furan rings is 1. The lowest BCUT2D eigenvalue weighted by Crippen LogP contribution is -2.16. The summed E-state index contributed by atoms with van der Waals surface area (Å²) in [6, 6.07) is 15.6. The monoisotopic (exact) mass is 485 g/mol. The van der Waals surface area contributed by atoms with E-state index in [0.29, 0.717) is 22.6 Å². The lowest BCUT2D eigenvalue weighted by molar-refractivity contribution is 0.0991. The van der Waals surface area contributed by atoms with Gasteiger partial charge in [0.2, 0.25) is 0 Å². The maximum Gasteiger partial charge on any atom is 0.254 e. The number of para-hydroxylation sites is 1. The topological polar surface area (TPSA) is 94.9 Å². The molecule has 0 aliphatic carbocycles. The number of phenolic OH excluding ortho intramolecular Hbond substituents is 1. The molecule has 1 amide bonds. The van der Waals surface area contributed by atoms with Crippen LogP contribution in [0.5, 0.6) is 17.2 Å². The number of rotatable bonds is 7. The molecule has 6 nitrogen and oxygen atoms in total. The SMILES string of the molecule is COc1ccc(-c2cc(COc3ccc(F)c(C(N)=O)c3F)oc2-c2cccc(Cl)c2O)cc1. The number of aromatic hydroxyl groups is 1. The van der Waals surface area contributed by atoms with Crippen LogP contribution in [0.1, 0.15) is 16.1 Å². The number of halogens is 3. The van der Waals surface area contributed by atoms with E-state index in [1.165, 1.54) is 6.07 Å². The zero-order valence-electron chi connectivity index (χ0n) is 17.8. The number of hydrogen-bond acceptors (Lipinski definition) is 5. The van der Waals surface area contributed by atoms with E-state index in [4.69, 9.17) is 31.2 Å². The smallest absolute Gasteiger partial charge is 0.254 e. The van der Waals surface area contributed by atoms with Gasteiger partial charge in [-0.15, -0.1) is 0 Å². The van der Waals surface area contributed by atoms with E-state index in [-0.39, 0.29) is 28.9 Å². The molecular weight excluding hydrogens is 468 g/mol. The maximum absolute atomic E-state index is 14.5. The van der Waals surface area contributed by atoms with Gasteiger partial charge in [-0.25, -0.2) is 8.78 Å². The standard InChI is InChI=1S/C25H18ClF2NO5/c1-32-14-7-5-13(6-8-14)17-11-15(34-24(17)16-3-2-4-18(26)23(16)30)12-33-20-10-9-19(27)21(22(20)28)25(29)31/h2-11,30H,12H2,1H3,(H2,29,31). The van der Waals surface area contributed by atoms with Gasteiger partial charge in [-0.05, 0) is 48.0 Å². The van der Waals surface area contributed by atoms with E-state index < -0.39 is 23.1 Å². The van der Waals surface area contributed by atoms with E-state index >= 15 is 0 Å². The predicted molar refractivity (Wildman–Crippen MR) is 122 cm³/mol. The highest BCUT2D eigenvalue weighted by Gasteiger charge is 2.22. The number of carbonyl (C=O) groups is 1. The zero-order chi connectivity index (χ0) is 24.4. The second-order valence-electron chi connectivity index (χ2n) is 7.21. The Hall–Kier alpha value is -4.04. The van der Waals surface area contributed by atoms with Crippen molar-refractivity contribution in [2.45, 2.75) is 6.61 Å². The lowest BCUT2D eigenvalue weighted by atomic mass is 10.0. The molecule has 1 heterocycles. The van der Waals surface area contributed by atoms with Crippen LogP contribution in [-0.4, -0.2) is 18.1 Å². The second-order valence-corrected chi connectivity index (χ2v) is 7.61. The number of amides is 1. The Bertz CT molecular complexity index is 1370. The van der Waals surface area contributed by atoms with Gasteiger partial charge in [-0.3, -0.25) is 4.79 Å². The van der Waals surface area contributed by atoms with E-state index in [0.717, 1.165) is 17.7 Å². The number of hydrogen-bond donors (Lipinski definition) is 2. The van der Waals surface area contributed by atoms with Crippen molar-refractivity contribution in [3.63, 3.8) is 0 Å². The molecule has 174 valence electrons. The summed E-state index contributed by atoms with van der Waals surface area (Å²) in [6.07, 6.45) is 0. The highest BCUT2D eigenvalue weighted by molar-refractivity contribution is 6.32. The molecule has 0 fully saturated rings. The second kappa shape index (κ2) is 9.44. The summed E-state index contributed by atoms with van der Waals surface area (Å²) < 4.78 is 44.8. The molecular formula is C25H18ClF2NO5. The van der Waals surface area contributed by atoms with Gasteiger partial charge in [0.25, 0.3) is 5.91 Å². The summed E-state index contributed by atoms with van der Waals surface area (Å²) in [5.74, 6) is -2.86. The molecule has 0 unspecified atom stereocenters. The minimum atomic E-state index is -1.25. The molecule has 3 N–H and O–H groups in total. The summed E-state index contributed by atoms with van der Waals surface area (Å²) >= 11 is 6.08. The van der Waals surface area contributed by atoms with Gasteiger partial charge in [-0.2, -0.15) is 0 Å². The van der Waals surface area contributed by atoms with Gasteiger partial charge in [-0.1, -0.05) is 29.8 Å². The first-order valence-corrected chi connectivity index (χ1v) is 10.3. The molecule has 0 aliphatic heterocycles. The Balaban J connectivity index is 1.73. The first-order valence-electron chi connectivity index (χ1n) is 9.95. The number of benzene rings is 3. The average Bonchev–Trinajstić information content (AvgIpc) is 3.24. The Morgan fingerprint density at radius 1 is 1.09 bits per heavy atom. The quantitative estimate of drug-likeness (QED) is 0.338. The van der Waals surface area contributed by atoms with E-state index in [2.05, 4.69) is 0 Å². The van der Waals surface area contributed by atoms with Gasteiger partial charge in [0, 0.05) is 5.56 Å². The molecule has 0 spiro atoms. The minimum Gasteiger partial charge on any atom is -0.506 e. The van der Waals surface area contributed by atoms with Crippen molar-refractivity contribution >= 4 is 17.5 Å². The fraction of sp³-hybridized carbons (Fsp3) is 0.0800. The largest absolute Gasteiger partial charge is 0.506 e. The van der Waals surface area contributed by atoms with Crippen molar-refractivity contribution < 1.29 is 32.6 Å². The van der Waals surface area contributed by atoms with E-state index in [1.807, 2.05) is 0 Å². The highest BCUT2D eigenvalue weighted by Crippen LogP contribution is 2.42. The molecule has 0 saturated carbocycles. The third-order valence-electron chi connectivity index (χ3n) is 5.09. The molecule has 34 heavy (non-hydrogen) atoms. The molecule has 0 saturated heterocycles. The van der Waals surface area contributed by atoms with Crippen molar-refractivity contribution in [1.82, 2.24) is 0 Å². The Labute approximate surface area is 198 Å². The molecule has 1 aromatic heterocycles. The van der Waals surface area contributed by atoms with Gasteiger partial charge >= 0.3 is 0 Å². The fourth-order valence-corrected chi connectivity index (χ4v) is 3.59. The molecule has 0 radical (unpaired) electrons. The third-order valence-corrected chi connectivity index (χ3v) is 5.39. The highest BCUT2D eigenvalue weighted by atomic mass is 35.5. The zero-order valence-corrected chi connectivity index (χ0v) is 18.5. The fourth-order valence-electron chi connectivity index (χ4n) is 3.42. The van der Waals surface area contributed by atoms with Crippen molar-refractivity contribution in [1.29, 1.82) is 0 Å². The van der Waals surface area contributed by atoms with Gasteiger partial charge in [0.15, 0.2) is 11.6 Å². The number of nitrogens with two attached hydrogens (primary N) is 1.